The number of H-pyrrole nitrogens is 2. The quantitative estimate of drug-likeness (QED) is 0.537. The molecule has 0 atom stereocenters. The van der Waals surface area contributed by atoms with Gasteiger partial charge in [-0.05, 0) is 48.0 Å². The number of carbonyl (C=O) groups excluding carboxylic acids is 1. The number of hydrogen-bond acceptors (Lipinski definition) is 3. The Labute approximate surface area is 142 Å². The molecule has 2 heterocycles. The lowest BCUT2D eigenvalue weighted by atomic mass is 10.1. The van der Waals surface area contributed by atoms with Gasteiger partial charge in [0.25, 0.3) is 5.91 Å². The van der Waals surface area contributed by atoms with Gasteiger partial charge in [0.15, 0.2) is 5.43 Å². The Balaban J connectivity index is 2.03. The second-order valence-electron chi connectivity index (χ2n) is 5.77. The van der Waals surface area contributed by atoms with Crippen LogP contribution in [0.2, 0.25) is 0 Å². The number of primary amides is 1. The molecular formula is C19H15N3O3. The first-order valence-corrected chi connectivity index (χ1v) is 7.70. The van der Waals surface area contributed by atoms with E-state index in [0.717, 1.165) is 27.9 Å². The lowest BCUT2D eigenvalue weighted by molar-refractivity contribution is 0.100. The number of ether oxygens (including phenoxy) is 1. The van der Waals surface area contributed by atoms with Crippen molar-refractivity contribution in [3.8, 4) is 17.0 Å². The fraction of sp³-hybridized carbons (Fsp3) is 0.0526. The zero-order valence-corrected chi connectivity index (χ0v) is 13.4. The predicted molar refractivity (Wildman–Crippen MR) is 96.9 cm³/mol. The van der Waals surface area contributed by atoms with Crippen molar-refractivity contribution in [1.29, 1.82) is 0 Å². The second kappa shape index (κ2) is 5.52. The van der Waals surface area contributed by atoms with E-state index in [4.69, 9.17) is 10.5 Å². The minimum absolute atomic E-state index is 0.102. The van der Waals surface area contributed by atoms with Crippen molar-refractivity contribution in [2.45, 2.75) is 0 Å². The predicted octanol–water partition coefficient (Wildman–Crippen LogP) is 2.78. The molecule has 25 heavy (non-hydrogen) atoms. The fourth-order valence-corrected chi connectivity index (χ4v) is 3.02. The molecule has 0 bridgehead atoms. The third-order valence-electron chi connectivity index (χ3n) is 4.25. The van der Waals surface area contributed by atoms with Crippen molar-refractivity contribution < 1.29 is 9.53 Å². The number of carbonyl (C=O) groups is 1. The molecular weight excluding hydrogens is 318 g/mol. The highest BCUT2D eigenvalue weighted by molar-refractivity contribution is 6.13. The van der Waals surface area contributed by atoms with E-state index in [9.17, 15) is 9.59 Å². The summed E-state index contributed by atoms with van der Waals surface area (Å²) in [5.41, 5.74) is 9.45. The van der Waals surface area contributed by atoms with Gasteiger partial charge in [0.1, 0.15) is 5.75 Å². The molecule has 0 fully saturated rings. The summed E-state index contributed by atoms with van der Waals surface area (Å²) in [6.07, 6.45) is 0. The molecule has 0 saturated carbocycles. The number of aromatic nitrogens is 2. The number of fused-ring (bicyclic) bond motifs is 3. The monoisotopic (exact) mass is 333 g/mol. The van der Waals surface area contributed by atoms with Crippen molar-refractivity contribution in [2.24, 2.45) is 5.73 Å². The first kappa shape index (κ1) is 15.0. The summed E-state index contributed by atoms with van der Waals surface area (Å²) < 4.78 is 5.17. The summed E-state index contributed by atoms with van der Waals surface area (Å²) in [5, 5.41) is 0.826. The van der Waals surface area contributed by atoms with Crippen molar-refractivity contribution in [2.75, 3.05) is 7.11 Å². The smallest absolute Gasteiger partial charge is 0.250 e. The summed E-state index contributed by atoms with van der Waals surface area (Å²) in [6, 6.07) is 13.9. The Morgan fingerprint density at radius 2 is 1.76 bits per heavy atom. The highest BCUT2D eigenvalue weighted by Crippen LogP contribution is 2.30. The molecule has 1 amide bonds. The molecule has 0 aliphatic rings. The van der Waals surface area contributed by atoms with Gasteiger partial charge in [-0.25, -0.2) is 0 Å². The molecule has 4 N–H and O–H groups in total. The Morgan fingerprint density at radius 3 is 2.44 bits per heavy atom. The van der Waals surface area contributed by atoms with Crippen LogP contribution in [0.4, 0.5) is 0 Å². The SMILES string of the molecule is COc1ccc(-c2cc(C(N)=O)c3[nH]c4cc(=O)ccc4c3[nH]2)cc1. The van der Waals surface area contributed by atoms with E-state index in [2.05, 4.69) is 9.97 Å². The van der Waals surface area contributed by atoms with Crippen molar-refractivity contribution in [3.05, 3.63) is 64.3 Å². The second-order valence-corrected chi connectivity index (χ2v) is 5.77. The average molecular weight is 333 g/mol. The van der Waals surface area contributed by atoms with Gasteiger partial charge in [-0.3, -0.25) is 9.59 Å². The molecule has 0 saturated heterocycles. The van der Waals surface area contributed by atoms with Gasteiger partial charge < -0.3 is 20.4 Å². The molecule has 4 rings (SSSR count). The van der Waals surface area contributed by atoms with Crippen LogP contribution in [-0.4, -0.2) is 23.0 Å². The summed E-state index contributed by atoms with van der Waals surface area (Å²) in [6.45, 7) is 0. The largest absolute Gasteiger partial charge is 0.497 e. The molecule has 2 aromatic carbocycles. The van der Waals surface area contributed by atoms with Crippen LogP contribution < -0.4 is 15.9 Å². The maximum atomic E-state index is 11.9. The molecule has 4 aromatic rings. The lowest BCUT2D eigenvalue weighted by Gasteiger charge is -2.08. The van der Waals surface area contributed by atoms with E-state index in [1.165, 1.54) is 12.1 Å². The number of rotatable bonds is 3. The molecule has 0 aliphatic heterocycles. The van der Waals surface area contributed by atoms with E-state index in [1.807, 2.05) is 24.3 Å². The molecule has 6 heteroatoms. The van der Waals surface area contributed by atoms with Crippen LogP contribution in [0.5, 0.6) is 5.75 Å². The number of nitrogens with one attached hydrogen (secondary N) is 2. The molecule has 0 radical (unpaired) electrons. The van der Waals surface area contributed by atoms with Gasteiger partial charge in [0.05, 0.1) is 29.2 Å². The average Bonchev–Trinajstić information content (AvgIpc) is 2.98. The van der Waals surface area contributed by atoms with E-state index < -0.39 is 5.91 Å². The van der Waals surface area contributed by atoms with Gasteiger partial charge in [-0.1, -0.05) is 0 Å². The van der Waals surface area contributed by atoms with Crippen molar-refractivity contribution in [3.63, 3.8) is 0 Å². The van der Waals surface area contributed by atoms with Crippen LogP contribution in [0.3, 0.4) is 0 Å². The Morgan fingerprint density at radius 1 is 1.00 bits per heavy atom. The van der Waals surface area contributed by atoms with Crippen LogP contribution in [0, 0.1) is 0 Å². The molecule has 124 valence electrons. The van der Waals surface area contributed by atoms with Gasteiger partial charge in [0.2, 0.25) is 0 Å². The van der Waals surface area contributed by atoms with Crippen LogP contribution in [-0.2, 0) is 0 Å². The lowest BCUT2D eigenvalue weighted by Crippen LogP contribution is -2.12. The minimum Gasteiger partial charge on any atom is -0.497 e. The Kier molecular flexibility index (Phi) is 3.32. The molecule has 0 aliphatic carbocycles. The number of pyridine rings is 1. The summed E-state index contributed by atoms with van der Waals surface area (Å²) in [4.78, 5) is 30.0. The van der Waals surface area contributed by atoms with Gasteiger partial charge in [-0.15, -0.1) is 0 Å². The number of nitrogens with two attached hydrogens (primary N) is 1. The van der Waals surface area contributed by atoms with E-state index in [-0.39, 0.29) is 5.43 Å². The number of amides is 1. The Bertz CT molecular complexity index is 1170. The summed E-state index contributed by atoms with van der Waals surface area (Å²) >= 11 is 0. The third-order valence-corrected chi connectivity index (χ3v) is 4.25. The molecule has 0 spiro atoms. The maximum absolute atomic E-state index is 11.9. The third kappa shape index (κ3) is 2.44. The van der Waals surface area contributed by atoms with Gasteiger partial charge >= 0.3 is 0 Å². The van der Waals surface area contributed by atoms with Crippen molar-refractivity contribution >= 4 is 27.8 Å². The van der Waals surface area contributed by atoms with Crippen LogP contribution in [0.25, 0.3) is 33.2 Å². The maximum Gasteiger partial charge on any atom is 0.250 e. The zero-order valence-electron chi connectivity index (χ0n) is 13.4. The standard InChI is InChI=1S/C19H15N3O3/c1-25-12-5-2-10(3-6-12)15-9-14(19(20)24)18-17(21-15)13-7-4-11(23)8-16(13)22-18/h2-9,21-22H,1H3,(H2,20,24). The number of aromatic amines is 2. The topological polar surface area (TPSA) is 101 Å². The summed E-state index contributed by atoms with van der Waals surface area (Å²) in [7, 11) is 1.61. The van der Waals surface area contributed by atoms with Crippen LogP contribution >= 0.6 is 0 Å². The Hall–Kier alpha value is -3.54. The first-order chi connectivity index (χ1) is 12.1. The highest BCUT2D eigenvalue weighted by Gasteiger charge is 2.15. The first-order valence-electron chi connectivity index (χ1n) is 7.70. The minimum atomic E-state index is -0.539. The number of hydrogen-bond donors (Lipinski definition) is 3. The fourth-order valence-electron chi connectivity index (χ4n) is 3.02. The molecule has 6 nitrogen and oxygen atoms in total. The van der Waals surface area contributed by atoms with Crippen LogP contribution in [0.1, 0.15) is 10.4 Å². The van der Waals surface area contributed by atoms with Crippen LogP contribution in [0.15, 0.2) is 53.3 Å². The number of benzene rings is 2. The molecule has 2 aromatic heterocycles. The summed E-state index contributed by atoms with van der Waals surface area (Å²) in [5.74, 6) is 0.206. The number of methoxy groups -OCH3 is 1. The van der Waals surface area contributed by atoms with Gasteiger partial charge in [-0.2, -0.15) is 0 Å². The molecule has 0 unspecified atom stereocenters. The van der Waals surface area contributed by atoms with E-state index >= 15 is 0 Å². The normalized spacial score (nSPS) is 11.1. The van der Waals surface area contributed by atoms with Gasteiger partial charge in [0, 0.05) is 17.1 Å². The zero-order chi connectivity index (χ0) is 17.6. The van der Waals surface area contributed by atoms with Crippen molar-refractivity contribution in [1.82, 2.24) is 9.97 Å². The van der Waals surface area contributed by atoms with E-state index in [0.29, 0.717) is 16.6 Å². The van der Waals surface area contributed by atoms with E-state index in [1.54, 1.807) is 19.2 Å². The highest BCUT2D eigenvalue weighted by atomic mass is 16.5.